The smallest absolute Gasteiger partial charge is 0.305 e. The highest BCUT2D eigenvalue weighted by molar-refractivity contribution is 5.96. The van der Waals surface area contributed by atoms with Crippen molar-refractivity contribution in [3.05, 3.63) is 29.8 Å². The van der Waals surface area contributed by atoms with Crippen LogP contribution in [-0.4, -0.2) is 29.4 Å². The molecule has 1 fully saturated rings. The van der Waals surface area contributed by atoms with Crippen molar-refractivity contribution in [2.24, 2.45) is 5.92 Å². The molecule has 0 bridgehead atoms. The minimum atomic E-state index is -0.954. The van der Waals surface area contributed by atoms with Gasteiger partial charge in [-0.15, -0.1) is 0 Å². The van der Waals surface area contributed by atoms with E-state index in [-0.39, 0.29) is 24.8 Å². The summed E-state index contributed by atoms with van der Waals surface area (Å²) in [5, 5.41) is 13.9. The summed E-state index contributed by atoms with van der Waals surface area (Å²) in [6, 6.07) is 6.56. The molecule has 0 atom stereocenters. The van der Waals surface area contributed by atoms with Gasteiger partial charge in [0.1, 0.15) is 0 Å². The van der Waals surface area contributed by atoms with Crippen molar-refractivity contribution < 1.29 is 19.5 Å². The van der Waals surface area contributed by atoms with Gasteiger partial charge in [0.25, 0.3) is 5.91 Å². The fourth-order valence-electron chi connectivity index (χ4n) is 2.26. The summed E-state index contributed by atoms with van der Waals surface area (Å²) in [5.74, 6) is -0.763. The standard InChI is InChI=1S/C16H20N2O4/c19-14(10-11-2-1-3-11)18-13-6-4-12(5-7-13)16(22)17-9-8-15(20)21/h4-7,11H,1-3,8-10H2,(H,17,22)(H,18,19)(H,20,21). The predicted octanol–water partition coefficient (Wildman–Crippen LogP) is 2.02. The Morgan fingerprint density at radius 3 is 2.36 bits per heavy atom. The lowest BCUT2D eigenvalue weighted by molar-refractivity contribution is -0.136. The van der Waals surface area contributed by atoms with E-state index in [1.807, 2.05) is 0 Å². The predicted molar refractivity (Wildman–Crippen MR) is 81.6 cm³/mol. The van der Waals surface area contributed by atoms with E-state index in [9.17, 15) is 14.4 Å². The van der Waals surface area contributed by atoms with Crippen LogP contribution >= 0.6 is 0 Å². The SMILES string of the molecule is O=C(O)CCNC(=O)c1ccc(NC(=O)CC2CCC2)cc1. The molecule has 1 aliphatic rings. The van der Waals surface area contributed by atoms with Gasteiger partial charge < -0.3 is 15.7 Å². The second-order valence-corrected chi connectivity index (χ2v) is 5.53. The average Bonchev–Trinajstić information content (AvgIpc) is 2.43. The van der Waals surface area contributed by atoms with Gasteiger partial charge in [-0.3, -0.25) is 14.4 Å². The number of carboxylic acid groups (broad SMARTS) is 1. The number of amides is 2. The normalized spacial score (nSPS) is 14.0. The maximum absolute atomic E-state index is 11.8. The molecule has 0 unspecified atom stereocenters. The minimum absolute atomic E-state index is 0.00311. The van der Waals surface area contributed by atoms with Crippen LogP contribution in [0.1, 0.15) is 42.5 Å². The van der Waals surface area contributed by atoms with Crippen molar-refractivity contribution in [1.29, 1.82) is 0 Å². The number of carbonyl (C=O) groups excluding carboxylic acids is 2. The van der Waals surface area contributed by atoms with E-state index in [0.29, 0.717) is 23.6 Å². The molecule has 0 radical (unpaired) electrons. The zero-order valence-electron chi connectivity index (χ0n) is 12.3. The van der Waals surface area contributed by atoms with Crippen LogP contribution in [0.2, 0.25) is 0 Å². The Morgan fingerprint density at radius 2 is 1.82 bits per heavy atom. The molecular formula is C16H20N2O4. The van der Waals surface area contributed by atoms with Crippen molar-refractivity contribution in [2.45, 2.75) is 32.1 Å². The molecule has 1 aromatic carbocycles. The summed E-state index contributed by atoms with van der Waals surface area (Å²) in [6.07, 6.45) is 3.91. The third-order valence-corrected chi connectivity index (χ3v) is 3.75. The molecule has 3 N–H and O–H groups in total. The molecule has 1 aliphatic carbocycles. The van der Waals surface area contributed by atoms with Crippen LogP contribution in [0.25, 0.3) is 0 Å². The number of aliphatic carboxylic acids is 1. The Morgan fingerprint density at radius 1 is 1.14 bits per heavy atom. The van der Waals surface area contributed by atoms with E-state index < -0.39 is 5.97 Å². The van der Waals surface area contributed by atoms with Crippen molar-refractivity contribution in [2.75, 3.05) is 11.9 Å². The van der Waals surface area contributed by atoms with Crippen LogP contribution in [0.3, 0.4) is 0 Å². The summed E-state index contributed by atoms with van der Waals surface area (Å²) in [4.78, 5) is 33.9. The molecule has 6 heteroatoms. The monoisotopic (exact) mass is 304 g/mol. The van der Waals surface area contributed by atoms with Gasteiger partial charge in [-0.25, -0.2) is 0 Å². The highest BCUT2D eigenvalue weighted by atomic mass is 16.4. The molecule has 22 heavy (non-hydrogen) atoms. The molecule has 0 spiro atoms. The molecule has 1 aromatic rings. The van der Waals surface area contributed by atoms with Gasteiger partial charge in [-0.1, -0.05) is 6.42 Å². The Bertz CT molecular complexity index is 550. The first-order valence-electron chi connectivity index (χ1n) is 7.44. The van der Waals surface area contributed by atoms with Crippen LogP contribution in [0.5, 0.6) is 0 Å². The summed E-state index contributed by atoms with van der Waals surface area (Å²) in [7, 11) is 0. The van der Waals surface area contributed by atoms with Crippen LogP contribution in [-0.2, 0) is 9.59 Å². The van der Waals surface area contributed by atoms with Gasteiger partial charge in [0, 0.05) is 24.2 Å². The first kappa shape index (κ1) is 16.0. The van der Waals surface area contributed by atoms with Crippen LogP contribution < -0.4 is 10.6 Å². The van der Waals surface area contributed by atoms with E-state index in [2.05, 4.69) is 10.6 Å². The highest BCUT2D eigenvalue weighted by Crippen LogP contribution is 2.29. The van der Waals surface area contributed by atoms with E-state index in [4.69, 9.17) is 5.11 Å². The zero-order chi connectivity index (χ0) is 15.9. The van der Waals surface area contributed by atoms with Gasteiger partial charge in [-0.05, 0) is 43.0 Å². The number of rotatable bonds is 7. The van der Waals surface area contributed by atoms with Crippen molar-refractivity contribution in [1.82, 2.24) is 5.32 Å². The number of anilines is 1. The van der Waals surface area contributed by atoms with Crippen molar-refractivity contribution in [3.8, 4) is 0 Å². The average molecular weight is 304 g/mol. The molecule has 0 aliphatic heterocycles. The number of hydrogen-bond donors (Lipinski definition) is 3. The van der Waals surface area contributed by atoms with Crippen LogP contribution in [0, 0.1) is 5.92 Å². The van der Waals surface area contributed by atoms with Gasteiger partial charge in [0.05, 0.1) is 6.42 Å². The molecule has 6 nitrogen and oxygen atoms in total. The third kappa shape index (κ3) is 4.87. The Labute approximate surface area is 128 Å². The Kier molecular flexibility index (Phi) is 5.52. The number of carboxylic acids is 1. The first-order valence-corrected chi connectivity index (χ1v) is 7.44. The quantitative estimate of drug-likeness (QED) is 0.718. The molecular weight excluding hydrogens is 284 g/mol. The summed E-state index contributed by atoms with van der Waals surface area (Å²) < 4.78 is 0. The van der Waals surface area contributed by atoms with E-state index in [0.717, 1.165) is 12.8 Å². The molecule has 2 rings (SSSR count). The maximum Gasteiger partial charge on any atom is 0.305 e. The lowest BCUT2D eigenvalue weighted by Crippen LogP contribution is -2.26. The van der Waals surface area contributed by atoms with Gasteiger partial charge in [0.2, 0.25) is 5.91 Å². The Balaban J connectivity index is 1.79. The molecule has 0 aromatic heterocycles. The van der Waals surface area contributed by atoms with Gasteiger partial charge >= 0.3 is 5.97 Å². The maximum atomic E-state index is 11.8. The fourth-order valence-corrected chi connectivity index (χ4v) is 2.26. The van der Waals surface area contributed by atoms with Crippen molar-refractivity contribution >= 4 is 23.5 Å². The lowest BCUT2D eigenvalue weighted by Gasteiger charge is -2.24. The third-order valence-electron chi connectivity index (χ3n) is 3.75. The van der Waals surface area contributed by atoms with E-state index in [1.165, 1.54) is 6.42 Å². The van der Waals surface area contributed by atoms with Crippen LogP contribution in [0.15, 0.2) is 24.3 Å². The zero-order valence-corrected chi connectivity index (χ0v) is 12.3. The lowest BCUT2D eigenvalue weighted by atomic mass is 9.83. The topological polar surface area (TPSA) is 95.5 Å². The summed E-state index contributed by atoms with van der Waals surface area (Å²) >= 11 is 0. The van der Waals surface area contributed by atoms with Crippen LogP contribution in [0.4, 0.5) is 5.69 Å². The number of carbonyl (C=O) groups is 3. The molecule has 1 saturated carbocycles. The summed E-state index contributed by atoms with van der Waals surface area (Å²) in [6.45, 7) is 0.0913. The van der Waals surface area contributed by atoms with Gasteiger partial charge in [-0.2, -0.15) is 0 Å². The van der Waals surface area contributed by atoms with Gasteiger partial charge in [0.15, 0.2) is 0 Å². The number of benzene rings is 1. The molecule has 118 valence electrons. The number of nitrogens with one attached hydrogen (secondary N) is 2. The largest absolute Gasteiger partial charge is 0.481 e. The minimum Gasteiger partial charge on any atom is -0.481 e. The molecule has 0 heterocycles. The van der Waals surface area contributed by atoms with Crippen molar-refractivity contribution in [3.63, 3.8) is 0 Å². The molecule has 2 amide bonds. The second-order valence-electron chi connectivity index (χ2n) is 5.53. The second kappa shape index (κ2) is 7.59. The van der Waals surface area contributed by atoms with E-state index >= 15 is 0 Å². The van der Waals surface area contributed by atoms with E-state index in [1.54, 1.807) is 24.3 Å². The first-order chi connectivity index (χ1) is 10.5. The summed E-state index contributed by atoms with van der Waals surface area (Å²) in [5.41, 5.74) is 1.09. The highest BCUT2D eigenvalue weighted by Gasteiger charge is 2.20. The number of hydrogen-bond acceptors (Lipinski definition) is 3. The fraction of sp³-hybridized carbons (Fsp3) is 0.438. The Hall–Kier alpha value is -2.37. The molecule has 0 saturated heterocycles.